The van der Waals surface area contributed by atoms with Gasteiger partial charge < -0.3 is 10.2 Å². The van der Waals surface area contributed by atoms with Crippen molar-refractivity contribution in [2.45, 2.75) is 80.2 Å². The molecule has 0 aliphatic heterocycles. The molecule has 0 bridgehead atoms. The normalized spacial score (nSPS) is 12.9. The van der Waals surface area contributed by atoms with Gasteiger partial charge in [0.2, 0.25) is 0 Å². The van der Waals surface area contributed by atoms with Gasteiger partial charge >= 0.3 is 149 Å². The number of carboxylic acids is 2. The summed E-state index contributed by atoms with van der Waals surface area (Å²) in [7, 11) is -4.84. The zero-order chi connectivity index (χ0) is 23.9. The molecule has 10 heteroatoms. The van der Waals surface area contributed by atoms with Crippen LogP contribution in [0.15, 0.2) is 24.3 Å². The fourth-order valence-electron chi connectivity index (χ4n) is 2.70. The monoisotopic (exact) mass is 468 g/mol. The van der Waals surface area contributed by atoms with E-state index in [-0.39, 0.29) is 0 Å². The van der Waals surface area contributed by atoms with Crippen molar-refractivity contribution in [3.05, 3.63) is 29.8 Å². The second-order valence-electron chi connectivity index (χ2n) is 7.40. The quantitative estimate of drug-likeness (QED) is 0.214. The van der Waals surface area contributed by atoms with Crippen LogP contribution in [0.5, 0.6) is 5.75 Å². The van der Waals surface area contributed by atoms with Crippen LogP contribution in [-0.2, 0) is 26.1 Å². The van der Waals surface area contributed by atoms with Crippen molar-refractivity contribution in [1.82, 2.24) is 0 Å². The minimum Gasteiger partial charge on any atom is -0.481 e. The molecule has 1 aromatic carbocycles. The molecule has 0 heterocycles. The molecular formula is C21H33NaO8S. The minimum absolute atomic E-state index is 0.450. The number of para-hydroxylation sites is 1. The number of rotatable bonds is 14. The van der Waals surface area contributed by atoms with Gasteiger partial charge in [-0.25, -0.2) is 0 Å². The number of unbranched alkanes of at least 4 members (excludes halogenated alkanes) is 5. The van der Waals surface area contributed by atoms with Crippen LogP contribution in [0.3, 0.4) is 0 Å². The van der Waals surface area contributed by atoms with Gasteiger partial charge in [-0.2, -0.15) is 8.42 Å². The van der Waals surface area contributed by atoms with Gasteiger partial charge in [-0.05, 0) is 0 Å². The Kier molecular flexibility index (Phi) is 15.9. The largest absolute Gasteiger partial charge is 0.481 e. The average Bonchev–Trinajstić information content (AvgIpc) is 2.69. The molecule has 0 saturated carbocycles. The van der Waals surface area contributed by atoms with Gasteiger partial charge in [0.1, 0.15) is 0 Å². The summed E-state index contributed by atoms with van der Waals surface area (Å²) in [6, 6.07) is 8.58. The molecule has 1 aromatic rings. The molecule has 2 unspecified atom stereocenters. The Labute approximate surface area is 202 Å². The maximum Gasteiger partial charge on any atom is 0.325 e. The van der Waals surface area contributed by atoms with Crippen molar-refractivity contribution in [3.8, 4) is 5.75 Å². The molecular weight excluding hydrogens is 435 g/mol. The third-order valence-electron chi connectivity index (χ3n) is 4.67. The summed E-state index contributed by atoms with van der Waals surface area (Å²) in [6.45, 7) is 4.47. The summed E-state index contributed by atoms with van der Waals surface area (Å²) in [4.78, 5) is 20.0. The number of aryl methyl sites for hydroxylation is 1. The van der Waals surface area contributed by atoms with Crippen molar-refractivity contribution < 1.29 is 37.5 Å². The first-order valence-corrected chi connectivity index (χ1v) is 13.3. The van der Waals surface area contributed by atoms with E-state index in [1.54, 1.807) is 0 Å². The molecule has 0 aromatic heterocycles. The first kappa shape index (κ1) is 29.9. The van der Waals surface area contributed by atoms with Crippen molar-refractivity contribution in [1.29, 1.82) is 0 Å². The topological polar surface area (TPSA) is 138 Å². The minimum atomic E-state index is -4.84. The van der Waals surface area contributed by atoms with E-state index in [2.05, 4.69) is 38.1 Å². The van der Waals surface area contributed by atoms with Crippen LogP contribution in [0.2, 0.25) is 0 Å². The van der Waals surface area contributed by atoms with Crippen LogP contribution in [0.25, 0.3) is 0 Å². The van der Waals surface area contributed by atoms with E-state index in [9.17, 15) is 18.0 Å². The van der Waals surface area contributed by atoms with E-state index in [1.807, 2.05) is 0 Å². The number of benzene rings is 1. The third-order valence-corrected chi connectivity index (χ3v) is 6.81. The van der Waals surface area contributed by atoms with Crippen LogP contribution in [0.1, 0.15) is 70.8 Å². The van der Waals surface area contributed by atoms with Gasteiger partial charge in [0.05, 0.1) is 6.42 Å². The molecule has 2 atom stereocenters. The summed E-state index contributed by atoms with van der Waals surface area (Å²) in [5, 5.41) is 13.9. The van der Waals surface area contributed by atoms with E-state index in [0.717, 1.165) is 40.1 Å². The zero-order valence-corrected chi connectivity index (χ0v) is 21.4. The Morgan fingerprint density at radius 1 is 1.03 bits per heavy atom. The molecule has 3 N–H and O–H groups in total. The third kappa shape index (κ3) is 14.5. The summed E-state index contributed by atoms with van der Waals surface area (Å²) in [5.41, 5.74) is 1.40. The van der Waals surface area contributed by atoms with E-state index in [0.29, 0.717) is 3.35 Å². The molecule has 8 nitrogen and oxygen atoms in total. The molecule has 31 heavy (non-hydrogen) atoms. The van der Waals surface area contributed by atoms with Crippen LogP contribution in [0, 0.1) is 0 Å². The predicted molar refractivity (Wildman–Crippen MR) is 119 cm³/mol. The van der Waals surface area contributed by atoms with Gasteiger partial charge in [-0.1, -0.05) is 0 Å². The van der Waals surface area contributed by atoms with E-state index in [1.165, 1.54) is 50.5 Å². The Hall–Kier alpha value is -1.13. The van der Waals surface area contributed by atoms with Gasteiger partial charge in [-0.15, -0.1) is 0 Å². The average molecular weight is 469 g/mol. The van der Waals surface area contributed by atoms with Crippen LogP contribution in [0.4, 0.5) is 0 Å². The summed E-state index contributed by atoms with van der Waals surface area (Å²) in [6.07, 6.45) is 9.27. The van der Waals surface area contributed by atoms with Crippen molar-refractivity contribution in [2.24, 2.45) is 0 Å². The molecule has 0 aliphatic rings. The Morgan fingerprint density at radius 3 is 2.10 bits per heavy atom. The first-order chi connectivity index (χ1) is 14.5. The second kappa shape index (κ2) is 16.5. The van der Waals surface area contributed by atoms with Gasteiger partial charge in [0.15, 0.2) is 5.25 Å². The molecule has 0 amide bonds. The summed E-state index contributed by atoms with van der Waals surface area (Å²) < 4.78 is 35.2. The number of ether oxygens (including phenoxy) is 1. The zero-order valence-electron chi connectivity index (χ0n) is 18.6. The van der Waals surface area contributed by atoms with Gasteiger partial charge in [-0.3, -0.25) is 14.1 Å². The van der Waals surface area contributed by atoms with E-state index >= 15 is 0 Å². The maximum absolute atomic E-state index is 10.2. The van der Waals surface area contributed by atoms with Crippen molar-refractivity contribution in [3.63, 3.8) is 0 Å². The fraction of sp³-hybridized carbons (Fsp3) is 0.619. The molecule has 0 fully saturated rings. The van der Waals surface area contributed by atoms with Crippen LogP contribution < -0.4 is 4.74 Å². The van der Waals surface area contributed by atoms with Crippen molar-refractivity contribution in [2.75, 3.05) is 0 Å². The SMILES string of the molecule is CCCCCCCCc1ccccc1O[CH]([Na])CC.O=C(O)CC(C(=O)O)S(=O)(=O)O. The number of carboxylic acid groups (broad SMARTS) is 2. The maximum atomic E-state index is 10.2. The molecule has 0 saturated heterocycles. The molecule has 172 valence electrons. The molecule has 1 rings (SSSR count). The van der Waals surface area contributed by atoms with E-state index < -0.39 is 33.7 Å². The number of hydrogen-bond acceptors (Lipinski definition) is 5. The first-order valence-electron chi connectivity index (χ1n) is 10.7. The summed E-state index contributed by atoms with van der Waals surface area (Å²) in [5.74, 6) is -2.38. The molecule has 0 aliphatic carbocycles. The Morgan fingerprint density at radius 2 is 1.61 bits per heavy atom. The molecule has 0 spiro atoms. The Bertz CT molecular complexity index is 766. The smallest absolute Gasteiger partial charge is 0.325 e. The van der Waals surface area contributed by atoms with Gasteiger partial charge in [0.25, 0.3) is 10.1 Å². The number of carbonyl (C=O) groups is 2. The van der Waals surface area contributed by atoms with Crippen LogP contribution >= 0.6 is 0 Å². The van der Waals surface area contributed by atoms with E-state index in [4.69, 9.17) is 19.5 Å². The second-order valence-corrected chi connectivity index (χ2v) is 10.3. The predicted octanol–water partition coefficient (Wildman–Crippen LogP) is 3.68. The Balaban J connectivity index is 0.000000649. The van der Waals surface area contributed by atoms with Gasteiger partial charge in [0, 0.05) is 0 Å². The summed E-state index contributed by atoms with van der Waals surface area (Å²) >= 11 is 1.11. The van der Waals surface area contributed by atoms with Crippen LogP contribution in [-0.4, -0.2) is 71.7 Å². The standard InChI is InChI=1S/C17H27O.C4H6O7S.Na/c1-3-5-6-7-8-9-12-16-13-10-11-14-17(16)18-15-4-2;5-3(6)1-2(4(7)8)12(9,10)11;/h10-11,13-15H,3-9,12H2,1-2H3;2H,1H2,(H,5,6)(H,7,8)(H,9,10,11);. The van der Waals surface area contributed by atoms with Crippen molar-refractivity contribution >= 4 is 50.0 Å². The number of hydrogen-bond donors (Lipinski definition) is 3. The fourth-order valence-corrected chi connectivity index (χ4v) is 3.56. The molecule has 0 radical (unpaired) electrons. The number of aliphatic carboxylic acids is 2.